The molecule has 0 atom stereocenters. The van der Waals surface area contributed by atoms with Crippen LogP contribution >= 0.6 is 11.8 Å². The first-order valence-corrected chi connectivity index (χ1v) is 10.0. The number of benzene rings is 3. The number of anilines is 1. The average Bonchev–Trinajstić information content (AvgIpc) is 3.03. The Kier molecular flexibility index (Phi) is 5.49. The van der Waals surface area contributed by atoms with Crippen molar-refractivity contribution >= 4 is 35.2 Å². The van der Waals surface area contributed by atoms with Gasteiger partial charge in [-0.1, -0.05) is 48.2 Å². The molecule has 5 heteroatoms. The minimum atomic E-state index is -0.215. The van der Waals surface area contributed by atoms with E-state index >= 15 is 0 Å². The predicted molar refractivity (Wildman–Crippen MR) is 116 cm³/mol. The summed E-state index contributed by atoms with van der Waals surface area (Å²) in [6.07, 6.45) is 1.88. The van der Waals surface area contributed by atoms with Crippen LogP contribution in [-0.2, 0) is 4.79 Å². The van der Waals surface area contributed by atoms with E-state index in [1.54, 1.807) is 12.1 Å². The summed E-state index contributed by atoms with van der Waals surface area (Å²) in [6, 6.07) is 22.6. The zero-order valence-corrected chi connectivity index (χ0v) is 16.7. The van der Waals surface area contributed by atoms with E-state index in [4.69, 9.17) is 4.74 Å². The predicted octanol–water partition coefficient (Wildman–Crippen LogP) is 5.34. The average molecular weight is 401 g/mol. The molecule has 0 fully saturated rings. The number of thioether (sulfide) groups is 1. The van der Waals surface area contributed by atoms with Crippen molar-refractivity contribution in [2.75, 3.05) is 11.9 Å². The molecule has 3 aromatic carbocycles. The van der Waals surface area contributed by atoms with E-state index in [9.17, 15) is 9.59 Å². The maximum absolute atomic E-state index is 12.5. The summed E-state index contributed by atoms with van der Waals surface area (Å²) in [6.45, 7) is 1.90. The van der Waals surface area contributed by atoms with Crippen LogP contribution in [0.4, 0.5) is 5.69 Å². The van der Waals surface area contributed by atoms with Crippen LogP contribution in [-0.4, -0.2) is 18.3 Å². The lowest BCUT2D eigenvalue weighted by atomic mass is 10.1. The van der Waals surface area contributed by atoms with Crippen LogP contribution < -0.4 is 10.1 Å². The van der Waals surface area contributed by atoms with Crippen LogP contribution in [0.25, 0.3) is 6.08 Å². The van der Waals surface area contributed by atoms with Crippen molar-refractivity contribution in [3.63, 3.8) is 0 Å². The first-order valence-electron chi connectivity index (χ1n) is 9.21. The molecular weight excluding hydrogens is 382 g/mol. The van der Waals surface area contributed by atoms with Crippen molar-refractivity contribution in [2.45, 2.75) is 11.8 Å². The molecule has 0 saturated carbocycles. The highest BCUT2D eigenvalue weighted by atomic mass is 32.2. The lowest BCUT2D eigenvalue weighted by Crippen LogP contribution is -2.20. The molecule has 0 bridgehead atoms. The van der Waals surface area contributed by atoms with E-state index in [2.05, 4.69) is 5.32 Å². The Morgan fingerprint density at radius 3 is 2.59 bits per heavy atom. The summed E-state index contributed by atoms with van der Waals surface area (Å²) in [5.74, 6) is 0.437. The lowest BCUT2D eigenvalue weighted by Gasteiger charge is -2.08. The summed E-state index contributed by atoms with van der Waals surface area (Å²) in [5.41, 5.74) is 3.49. The number of Topliss-reactive ketones (excluding diaryl/α,β-unsaturated/α-hetero) is 1. The molecular formula is C24H19NO3S. The Morgan fingerprint density at radius 2 is 1.83 bits per heavy atom. The summed E-state index contributed by atoms with van der Waals surface area (Å²) in [4.78, 5) is 26.2. The molecule has 0 aliphatic carbocycles. The number of rotatable bonds is 5. The molecule has 1 aliphatic rings. The van der Waals surface area contributed by atoms with E-state index in [-0.39, 0.29) is 18.3 Å². The summed E-state index contributed by atoms with van der Waals surface area (Å²) < 4.78 is 5.56. The zero-order chi connectivity index (χ0) is 20.2. The van der Waals surface area contributed by atoms with E-state index in [0.29, 0.717) is 10.7 Å². The molecule has 0 saturated heterocycles. The molecule has 29 heavy (non-hydrogen) atoms. The van der Waals surface area contributed by atoms with E-state index < -0.39 is 0 Å². The Morgan fingerprint density at radius 1 is 1.03 bits per heavy atom. The number of amides is 1. The highest BCUT2D eigenvalue weighted by Crippen LogP contribution is 2.40. The van der Waals surface area contributed by atoms with Gasteiger partial charge in [0.25, 0.3) is 5.91 Å². The number of carbonyl (C=O) groups is 2. The largest absolute Gasteiger partial charge is 0.484 e. The SMILES string of the molecule is Cc1cccc(NC(=O)COc2ccc(/C=C3\Sc4ccccc4C3=O)cc2)c1. The number of aryl methyl sites for hydroxylation is 1. The van der Waals surface area contributed by atoms with Crippen molar-refractivity contribution in [2.24, 2.45) is 0 Å². The Hall–Kier alpha value is -3.31. The number of ether oxygens (including phenoxy) is 1. The first kappa shape index (κ1) is 19.0. The van der Waals surface area contributed by atoms with Gasteiger partial charge in [-0.25, -0.2) is 0 Å². The molecule has 4 nitrogen and oxygen atoms in total. The Bertz CT molecular complexity index is 1100. The second-order valence-electron chi connectivity index (χ2n) is 6.71. The molecule has 3 aromatic rings. The number of nitrogens with one attached hydrogen (secondary N) is 1. The van der Waals surface area contributed by atoms with Gasteiger partial charge in [0.1, 0.15) is 5.75 Å². The summed E-state index contributed by atoms with van der Waals surface area (Å²) >= 11 is 1.49. The van der Waals surface area contributed by atoms with E-state index in [1.165, 1.54) is 11.8 Å². The molecule has 0 aromatic heterocycles. The number of hydrogen-bond acceptors (Lipinski definition) is 4. The normalized spacial score (nSPS) is 14.0. The zero-order valence-electron chi connectivity index (χ0n) is 15.8. The third-order valence-electron chi connectivity index (χ3n) is 4.43. The van der Waals surface area contributed by atoms with E-state index in [1.807, 2.05) is 73.7 Å². The van der Waals surface area contributed by atoms with Gasteiger partial charge in [-0.3, -0.25) is 9.59 Å². The van der Waals surface area contributed by atoms with Gasteiger partial charge in [0.05, 0.1) is 4.91 Å². The highest BCUT2D eigenvalue weighted by molar-refractivity contribution is 8.04. The third-order valence-corrected chi connectivity index (χ3v) is 5.52. The standard InChI is InChI=1S/C24H19NO3S/c1-16-5-4-6-18(13-16)25-23(26)15-28-19-11-9-17(10-12-19)14-22-24(27)20-7-2-3-8-21(20)29-22/h2-14H,15H2,1H3,(H,25,26)/b22-14-. The fourth-order valence-electron chi connectivity index (χ4n) is 3.02. The van der Waals surface area contributed by atoms with Crippen LogP contribution in [0.1, 0.15) is 21.5 Å². The van der Waals surface area contributed by atoms with Crippen molar-refractivity contribution in [1.29, 1.82) is 0 Å². The molecule has 0 unspecified atom stereocenters. The molecule has 1 amide bonds. The number of fused-ring (bicyclic) bond motifs is 1. The Labute approximate surface area is 173 Å². The lowest BCUT2D eigenvalue weighted by molar-refractivity contribution is -0.118. The fraction of sp³-hybridized carbons (Fsp3) is 0.0833. The third kappa shape index (κ3) is 4.58. The number of ketones is 1. The van der Waals surface area contributed by atoms with Crippen LogP contribution in [0.2, 0.25) is 0 Å². The van der Waals surface area contributed by atoms with Crippen molar-refractivity contribution < 1.29 is 14.3 Å². The van der Waals surface area contributed by atoms with Crippen LogP contribution in [0.15, 0.2) is 82.6 Å². The number of hydrogen-bond donors (Lipinski definition) is 1. The number of allylic oxidation sites excluding steroid dienone is 1. The van der Waals surface area contributed by atoms with Crippen molar-refractivity contribution in [3.8, 4) is 5.75 Å². The van der Waals surface area contributed by atoms with Gasteiger partial charge in [-0.2, -0.15) is 0 Å². The quantitative estimate of drug-likeness (QED) is 0.586. The van der Waals surface area contributed by atoms with Gasteiger partial charge >= 0.3 is 0 Å². The van der Waals surface area contributed by atoms with Gasteiger partial charge in [0, 0.05) is 16.1 Å². The molecule has 4 rings (SSSR count). The minimum Gasteiger partial charge on any atom is -0.484 e. The molecule has 0 spiro atoms. The maximum Gasteiger partial charge on any atom is 0.262 e. The van der Waals surface area contributed by atoms with Crippen LogP contribution in [0.3, 0.4) is 0 Å². The van der Waals surface area contributed by atoms with Crippen molar-refractivity contribution in [3.05, 3.63) is 94.4 Å². The fourth-order valence-corrected chi connectivity index (χ4v) is 4.07. The minimum absolute atomic E-state index is 0.0544. The highest BCUT2D eigenvalue weighted by Gasteiger charge is 2.24. The van der Waals surface area contributed by atoms with E-state index in [0.717, 1.165) is 27.3 Å². The molecule has 1 N–H and O–H groups in total. The Balaban J connectivity index is 1.35. The molecule has 1 heterocycles. The maximum atomic E-state index is 12.5. The second kappa shape index (κ2) is 8.37. The monoisotopic (exact) mass is 401 g/mol. The topological polar surface area (TPSA) is 55.4 Å². The van der Waals surface area contributed by atoms with Crippen molar-refractivity contribution in [1.82, 2.24) is 0 Å². The molecule has 1 aliphatic heterocycles. The van der Waals surface area contributed by atoms with Gasteiger partial charge in [0.2, 0.25) is 5.78 Å². The van der Waals surface area contributed by atoms with Gasteiger partial charge < -0.3 is 10.1 Å². The van der Waals surface area contributed by atoms with Gasteiger partial charge in [-0.05, 0) is 60.5 Å². The summed E-state index contributed by atoms with van der Waals surface area (Å²) in [5, 5.41) is 2.81. The smallest absolute Gasteiger partial charge is 0.262 e. The number of carbonyl (C=O) groups excluding carboxylic acids is 2. The van der Waals surface area contributed by atoms with Crippen LogP contribution in [0, 0.1) is 6.92 Å². The van der Waals surface area contributed by atoms with Gasteiger partial charge in [0.15, 0.2) is 6.61 Å². The summed E-state index contributed by atoms with van der Waals surface area (Å²) in [7, 11) is 0. The van der Waals surface area contributed by atoms with Crippen LogP contribution in [0.5, 0.6) is 5.75 Å². The molecule has 144 valence electrons. The molecule has 0 radical (unpaired) electrons. The second-order valence-corrected chi connectivity index (χ2v) is 7.80. The first-order chi connectivity index (χ1) is 14.1. The van der Waals surface area contributed by atoms with Gasteiger partial charge in [-0.15, -0.1) is 0 Å².